The Morgan fingerprint density at radius 2 is 2.08 bits per heavy atom. The van der Waals surface area contributed by atoms with Crippen LogP contribution in [0, 0.1) is 3.57 Å². The molecular formula is C9H9IO3. The Labute approximate surface area is 90.2 Å². The van der Waals surface area contributed by atoms with Gasteiger partial charge in [-0.15, -0.1) is 0 Å². The first-order valence-corrected chi connectivity index (χ1v) is 4.69. The zero-order valence-corrected chi connectivity index (χ0v) is 9.49. The highest BCUT2D eigenvalue weighted by Gasteiger charge is 2.15. The van der Waals surface area contributed by atoms with Gasteiger partial charge in [-0.1, -0.05) is 6.07 Å². The fourth-order valence-corrected chi connectivity index (χ4v) is 1.67. The number of hydrogen-bond acceptors (Lipinski definition) is 3. The second-order valence-electron chi connectivity index (χ2n) is 2.31. The first kappa shape index (κ1) is 10.3. The summed E-state index contributed by atoms with van der Waals surface area (Å²) in [6.45, 7) is 0. The third kappa shape index (κ3) is 2.12. The van der Waals surface area contributed by atoms with E-state index in [9.17, 15) is 4.79 Å². The standard InChI is InChI=1S/C9H9IO3/c1-12-7-5-3-4-6(10)8(7)9(11)13-2/h3-5H,1-2H3. The minimum absolute atomic E-state index is 0.373. The van der Waals surface area contributed by atoms with E-state index in [4.69, 9.17) is 4.74 Å². The first-order chi connectivity index (χ1) is 6.20. The highest BCUT2D eigenvalue weighted by molar-refractivity contribution is 14.1. The van der Waals surface area contributed by atoms with Gasteiger partial charge >= 0.3 is 5.97 Å². The maximum absolute atomic E-state index is 11.3. The summed E-state index contributed by atoms with van der Waals surface area (Å²) in [4.78, 5) is 11.3. The van der Waals surface area contributed by atoms with E-state index in [-0.39, 0.29) is 5.97 Å². The van der Waals surface area contributed by atoms with Crippen LogP contribution < -0.4 is 4.74 Å². The van der Waals surface area contributed by atoms with E-state index in [0.29, 0.717) is 11.3 Å². The zero-order chi connectivity index (χ0) is 9.84. The van der Waals surface area contributed by atoms with Crippen LogP contribution in [0.5, 0.6) is 5.75 Å². The predicted octanol–water partition coefficient (Wildman–Crippen LogP) is 2.09. The number of hydrogen-bond donors (Lipinski definition) is 0. The number of carbonyl (C=O) groups is 1. The summed E-state index contributed by atoms with van der Waals surface area (Å²) in [5.74, 6) is 0.167. The molecule has 0 saturated heterocycles. The Kier molecular flexibility index (Phi) is 3.53. The summed E-state index contributed by atoms with van der Waals surface area (Å²) in [5.41, 5.74) is 0.480. The van der Waals surface area contributed by atoms with Gasteiger partial charge in [0.1, 0.15) is 11.3 Å². The summed E-state index contributed by atoms with van der Waals surface area (Å²) in [6.07, 6.45) is 0. The van der Waals surface area contributed by atoms with Gasteiger partial charge in [0.05, 0.1) is 14.2 Å². The largest absolute Gasteiger partial charge is 0.496 e. The van der Waals surface area contributed by atoms with Crippen molar-refractivity contribution < 1.29 is 14.3 Å². The van der Waals surface area contributed by atoms with Crippen LogP contribution in [0.15, 0.2) is 18.2 Å². The van der Waals surface area contributed by atoms with Crippen molar-refractivity contribution in [2.75, 3.05) is 14.2 Å². The van der Waals surface area contributed by atoms with Crippen LogP contribution in [0.25, 0.3) is 0 Å². The molecule has 0 fully saturated rings. The molecule has 1 rings (SSSR count). The van der Waals surface area contributed by atoms with Crippen LogP contribution in [-0.2, 0) is 4.74 Å². The Morgan fingerprint density at radius 3 is 2.62 bits per heavy atom. The van der Waals surface area contributed by atoms with Gasteiger partial charge in [-0.3, -0.25) is 0 Å². The highest BCUT2D eigenvalue weighted by Crippen LogP contribution is 2.24. The molecule has 13 heavy (non-hydrogen) atoms. The number of rotatable bonds is 2. The molecule has 0 N–H and O–H groups in total. The third-order valence-corrected chi connectivity index (χ3v) is 2.48. The summed E-state index contributed by atoms with van der Waals surface area (Å²) in [7, 11) is 2.88. The lowest BCUT2D eigenvalue weighted by atomic mass is 10.2. The second kappa shape index (κ2) is 4.45. The Bertz CT molecular complexity index is 323. The molecule has 0 radical (unpaired) electrons. The van der Waals surface area contributed by atoms with Crippen LogP contribution in [0.2, 0.25) is 0 Å². The van der Waals surface area contributed by atoms with Crippen molar-refractivity contribution in [3.8, 4) is 5.75 Å². The average Bonchev–Trinajstić information content (AvgIpc) is 2.16. The average molecular weight is 292 g/mol. The van der Waals surface area contributed by atoms with E-state index in [1.54, 1.807) is 6.07 Å². The molecule has 1 aromatic rings. The Morgan fingerprint density at radius 1 is 1.38 bits per heavy atom. The maximum atomic E-state index is 11.3. The van der Waals surface area contributed by atoms with Gasteiger partial charge in [0.25, 0.3) is 0 Å². The van der Waals surface area contributed by atoms with E-state index in [0.717, 1.165) is 3.57 Å². The smallest absolute Gasteiger partial charge is 0.342 e. The van der Waals surface area contributed by atoms with Crippen molar-refractivity contribution >= 4 is 28.6 Å². The third-order valence-electron chi connectivity index (χ3n) is 1.58. The fourth-order valence-electron chi connectivity index (χ4n) is 0.975. The summed E-state index contributed by atoms with van der Waals surface area (Å²) in [5, 5.41) is 0. The quantitative estimate of drug-likeness (QED) is 0.618. The van der Waals surface area contributed by atoms with Crippen LogP contribution in [0.3, 0.4) is 0 Å². The highest BCUT2D eigenvalue weighted by atomic mass is 127. The minimum atomic E-state index is -0.373. The van der Waals surface area contributed by atoms with E-state index < -0.39 is 0 Å². The molecule has 1 aromatic carbocycles. The van der Waals surface area contributed by atoms with Gasteiger partial charge in [-0.05, 0) is 34.7 Å². The van der Waals surface area contributed by atoms with Crippen LogP contribution in [-0.4, -0.2) is 20.2 Å². The molecule has 3 nitrogen and oxygen atoms in total. The molecule has 0 aliphatic carbocycles. The van der Waals surface area contributed by atoms with Crippen molar-refractivity contribution in [1.82, 2.24) is 0 Å². The molecule has 0 amide bonds. The summed E-state index contributed by atoms with van der Waals surface area (Å²) >= 11 is 2.07. The lowest BCUT2D eigenvalue weighted by Gasteiger charge is -2.07. The molecule has 0 saturated carbocycles. The normalized spacial score (nSPS) is 9.46. The molecule has 4 heteroatoms. The van der Waals surface area contributed by atoms with Crippen LogP contribution in [0.1, 0.15) is 10.4 Å². The second-order valence-corrected chi connectivity index (χ2v) is 3.47. The number of carbonyl (C=O) groups excluding carboxylic acids is 1. The molecule has 0 atom stereocenters. The van der Waals surface area contributed by atoms with E-state index in [2.05, 4.69) is 27.3 Å². The molecule has 0 bridgehead atoms. The molecule has 0 unspecified atom stereocenters. The van der Waals surface area contributed by atoms with Crippen LogP contribution >= 0.6 is 22.6 Å². The lowest BCUT2D eigenvalue weighted by molar-refractivity contribution is 0.0596. The zero-order valence-electron chi connectivity index (χ0n) is 7.33. The number of ether oxygens (including phenoxy) is 2. The van der Waals surface area contributed by atoms with Gasteiger partial charge in [-0.25, -0.2) is 4.79 Å². The minimum Gasteiger partial charge on any atom is -0.496 e. The van der Waals surface area contributed by atoms with Gasteiger partial charge in [0.15, 0.2) is 0 Å². The lowest BCUT2D eigenvalue weighted by Crippen LogP contribution is -2.06. The van der Waals surface area contributed by atoms with Crippen LogP contribution in [0.4, 0.5) is 0 Å². The van der Waals surface area contributed by atoms with Crippen molar-refractivity contribution in [1.29, 1.82) is 0 Å². The van der Waals surface area contributed by atoms with Gasteiger partial charge in [-0.2, -0.15) is 0 Å². The molecule has 0 aliphatic rings. The fraction of sp³-hybridized carbons (Fsp3) is 0.222. The molecular weight excluding hydrogens is 283 g/mol. The SMILES string of the molecule is COC(=O)c1c(I)cccc1OC. The molecule has 0 aliphatic heterocycles. The van der Waals surface area contributed by atoms with Gasteiger partial charge < -0.3 is 9.47 Å². The summed E-state index contributed by atoms with van der Waals surface area (Å²) in [6, 6.07) is 5.39. The molecule has 0 aromatic heterocycles. The van der Waals surface area contributed by atoms with E-state index in [1.165, 1.54) is 14.2 Å². The topological polar surface area (TPSA) is 35.5 Å². The monoisotopic (exact) mass is 292 g/mol. The van der Waals surface area contributed by atoms with Crippen molar-refractivity contribution in [2.24, 2.45) is 0 Å². The number of esters is 1. The molecule has 0 heterocycles. The van der Waals surface area contributed by atoms with Crippen molar-refractivity contribution in [3.05, 3.63) is 27.3 Å². The Balaban J connectivity index is 3.22. The summed E-state index contributed by atoms with van der Waals surface area (Å²) < 4.78 is 10.5. The van der Waals surface area contributed by atoms with E-state index in [1.807, 2.05) is 12.1 Å². The van der Waals surface area contributed by atoms with Gasteiger partial charge in [0, 0.05) is 3.57 Å². The van der Waals surface area contributed by atoms with Crippen molar-refractivity contribution in [2.45, 2.75) is 0 Å². The number of halogens is 1. The molecule has 70 valence electrons. The van der Waals surface area contributed by atoms with Gasteiger partial charge in [0.2, 0.25) is 0 Å². The van der Waals surface area contributed by atoms with Crippen molar-refractivity contribution in [3.63, 3.8) is 0 Å². The maximum Gasteiger partial charge on any atom is 0.342 e. The number of benzene rings is 1. The Hall–Kier alpha value is -0.780. The first-order valence-electron chi connectivity index (χ1n) is 3.61. The number of methoxy groups -OCH3 is 2. The molecule has 0 spiro atoms. The van der Waals surface area contributed by atoms with E-state index >= 15 is 0 Å². The predicted molar refractivity (Wildman–Crippen MR) is 57.1 cm³/mol.